The van der Waals surface area contributed by atoms with E-state index in [0.29, 0.717) is 12.6 Å². The maximum absolute atomic E-state index is 14.3. The van der Waals surface area contributed by atoms with Crippen molar-refractivity contribution in [3.8, 4) is 0 Å². The van der Waals surface area contributed by atoms with Gasteiger partial charge < -0.3 is 93.8 Å². The first kappa shape index (κ1) is 66.8. The highest BCUT2D eigenvalue weighted by Crippen LogP contribution is 2.07. The Kier molecular flexibility index (Phi) is 31.9. The molecule has 22 N–H and O–H groups in total. The van der Waals surface area contributed by atoms with Crippen LogP contribution < -0.4 is 86.7 Å². The molecule has 0 radical (unpaired) electrons. The SMILES string of the molecule is CC[C@@H](C)[C@H](C=O)N[C@H](NC(=O)[C@@H](NC(=O)[C@@H](NC(=O)[C@H](NCC=O)NC(C)=O)N[C@@H](C=O)CC(=O)O)N[C@@H](C=O)CC(=O)O)C(=O)N[C@@H](N[C@@H](C=O)CC(N)=O)C(=O)N[C@@H](N[C@@H](C=O)CCCN=C(N)N)C(N)=O. The number of nitrogens with one attached hydrogen (secondary N) is 12. The van der Waals surface area contributed by atoms with Crippen LogP contribution in [0, 0.1) is 5.92 Å². The Morgan fingerprint density at radius 1 is 0.520 bits per heavy atom. The number of guanidine groups is 1. The molecule has 0 saturated heterocycles. The second kappa shape index (κ2) is 35.8. The highest BCUT2D eigenvalue weighted by atomic mass is 16.4. The van der Waals surface area contributed by atoms with E-state index in [1.54, 1.807) is 6.92 Å². The van der Waals surface area contributed by atoms with Crippen molar-refractivity contribution in [3.63, 3.8) is 0 Å². The van der Waals surface area contributed by atoms with Crippen molar-refractivity contribution >= 4 is 103 Å². The summed E-state index contributed by atoms with van der Waals surface area (Å²) in [7, 11) is 0. The topological polar surface area (TPSA) is 574 Å². The normalized spacial score (nSPS) is 15.6. The highest BCUT2D eigenvalue weighted by Gasteiger charge is 2.37. The quantitative estimate of drug-likeness (QED) is 0.00887. The van der Waals surface area contributed by atoms with Crippen LogP contribution in [0.3, 0.4) is 0 Å². The monoisotopic (exact) mass is 1070 g/mol. The first-order valence-corrected chi connectivity index (χ1v) is 22.4. The van der Waals surface area contributed by atoms with Gasteiger partial charge in [-0.25, -0.2) is 0 Å². The molecule has 0 fully saturated rings. The first-order chi connectivity index (χ1) is 35.3. The van der Waals surface area contributed by atoms with E-state index in [0.717, 1.165) is 6.92 Å². The minimum Gasteiger partial charge on any atom is -0.481 e. The average molecular weight is 1070 g/mol. The number of hydrogen-bond acceptors (Lipinski definition) is 23. The Morgan fingerprint density at radius 3 is 1.24 bits per heavy atom. The standard InChI is InChI=1S/C40H65N17O18/c1-4-18(2)24(17-63)52-34(39(75)56-31(49-21(14-60)10-25(41)65)36(72)53-29(28(42)70)48-20(13-59)6-5-7-46-40(43)44)57-38(74)33(51-23(16-62)12-27(68)69)55-37(73)32(50-22(15-61)11-26(66)67)54-35(71)30(45-8-9-58)47-19(3)64/h9,13-18,20-24,29-34,45,48-52H,4-8,10-12H2,1-3H3,(H2,41,65)(H2,42,70)(H,47,64)(H,53,72)(H,54,71)(H,55,73)(H,56,75)(H,57,74)(H,66,67)(H,68,69)(H4,43,44,46)/t18-,20-,21-,22-,23-,24+,29-,30-,31-,32-,33-,34-/m1/s1. The summed E-state index contributed by atoms with van der Waals surface area (Å²) in [5.41, 5.74) is 21.3. The summed E-state index contributed by atoms with van der Waals surface area (Å²) in [5, 5.41) is 45.2. The zero-order valence-electron chi connectivity index (χ0n) is 40.7. The Labute approximate surface area is 426 Å². The second-order valence-corrected chi connectivity index (χ2v) is 16.0. The van der Waals surface area contributed by atoms with Crippen molar-refractivity contribution in [1.82, 2.24) is 63.8 Å². The third-order valence-electron chi connectivity index (χ3n) is 9.90. The summed E-state index contributed by atoms with van der Waals surface area (Å²) in [4.78, 5) is 204. The van der Waals surface area contributed by atoms with Crippen molar-refractivity contribution in [2.45, 2.75) is 126 Å². The molecular formula is C40H65N17O18. The van der Waals surface area contributed by atoms with Crippen molar-refractivity contribution in [1.29, 1.82) is 0 Å². The van der Waals surface area contributed by atoms with Crippen LogP contribution in [0.25, 0.3) is 0 Å². The lowest BCUT2D eigenvalue weighted by Gasteiger charge is -2.31. The van der Waals surface area contributed by atoms with E-state index in [1.807, 2.05) is 10.6 Å². The molecule has 0 aromatic rings. The molecule has 8 amide bonds. The van der Waals surface area contributed by atoms with Gasteiger partial charge in [0.15, 0.2) is 43.0 Å². The van der Waals surface area contributed by atoms with Crippen molar-refractivity contribution in [2.24, 2.45) is 33.8 Å². The molecule has 0 saturated carbocycles. The zero-order chi connectivity index (χ0) is 57.4. The van der Waals surface area contributed by atoms with Crippen LogP contribution in [0.15, 0.2) is 4.99 Å². The molecule has 12 atom stereocenters. The van der Waals surface area contributed by atoms with Gasteiger partial charge in [0.25, 0.3) is 35.4 Å². The average Bonchev–Trinajstić information content (AvgIpc) is 3.34. The van der Waals surface area contributed by atoms with Gasteiger partial charge in [-0.15, -0.1) is 0 Å². The summed E-state index contributed by atoms with van der Waals surface area (Å²) in [6.45, 7) is 3.57. The van der Waals surface area contributed by atoms with E-state index < -0.39 is 158 Å². The summed E-state index contributed by atoms with van der Waals surface area (Å²) in [6, 6.07) is -7.90. The van der Waals surface area contributed by atoms with Crippen molar-refractivity contribution in [2.75, 3.05) is 13.1 Å². The number of aldehydes is 6. The Morgan fingerprint density at radius 2 is 0.907 bits per heavy atom. The maximum atomic E-state index is 14.3. The number of nitrogens with zero attached hydrogens (tertiary/aromatic N) is 1. The van der Waals surface area contributed by atoms with Gasteiger partial charge in [-0.2, -0.15) is 0 Å². The van der Waals surface area contributed by atoms with Gasteiger partial charge >= 0.3 is 11.9 Å². The van der Waals surface area contributed by atoms with Crippen molar-refractivity contribution < 1.29 is 86.9 Å². The number of aliphatic imine (C=N–C) groups is 1. The number of amides is 8. The highest BCUT2D eigenvalue weighted by molar-refractivity contribution is 5.97. The van der Waals surface area contributed by atoms with E-state index in [1.165, 1.54) is 6.92 Å². The van der Waals surface area contributed by atoms with Gasteiger partial charge in [0.1, 0.15) is 37.7 Å². The molecule has 0 aliphatic rings. The van der Waals surface area contributed by atoms with Gasteiger partial charge in [0.05, 0.1) is 49.6 Å². The molecule has 0 rings (SSSR count). The number of aliphatic carboxylic acids is 2. The van der Waals surface area contributed by atoms with Crippen LogP contribution in [0.4, 0.5) is 0 Å². The van der Waals surface area contributed by atoms with Crippen LogP contribution in [-0.4, -0.2) is 193 Å². The fourth-order valence-corrected chi connectivity index (χ4v) is 6.02. The summed E-state index contributed by atoms with van der Waals surface area (Å²) in [6.07, 6.45) is -14.5. The lowest BCUT2D eigenvalue weighted by molar-refractivity contribution is -0.140. The van der Waals surface area contributed by atoms with Gasteiger partial charge in [-0.3, -0.25) is 84.8 Å². The molecule has 35 nitrogen and oxygen atoms in total. The summed E-state index contributed by atoms with van der Waals surface area (Å²) in [5.74, 6) is -14.9. The minimum atomic E-state index is -2.41. The lowest BCUT2D eigenvalue weighted by Crippen LogP contribution is -2.70. The smallest absolute Gasteiger partial charge is 0.305 e. The number of carboxylic acids is 2. The van der Waals surface area contributed by atoms with Crippen LogP contribution >= 0.6 is 0 Å². The number of primary amides is 2. The van der Waals surface area contributed by atoms with Crippen LogP contribution in [-0.2, 0) is 76.7 Å². The van der Waals surface area contributed by atoms with E-state index in [9.17, 15) is 86.9 Å². The first-order valence-electron chi connectivity index (χ1n) is 22.4. The number of carboxylic acid groups (broad SMARTS) is 2. The third-order valence-corrected chi connectivity index (χ3v) is 9.90. The van der Waals surface area contributed by atoms with Crippen LogP contribution in [0.1, 0.15) is 59.3 Å². The molecule has 0 unspecified atom stereocenters. The van der Waals surface area contributed by atoms with Crippen LogP contribution in [0.2, 0.25) is 0 Å². The molecule has 75 heavy (non-hydrogen) atoms. The molecule has 418 valence electrons. The second-order valence-electron chi connectivity index (χ2n) is 16.0. The van der Waals surface area contributed by atoms with E-state index in [2.05, 4.69) is 58.2 Å². The third kappa shape index (κ3) is 27.4. The maximum Gasteiger partial charge on any atom is 0.305 e. The summed E-state index contributed by atoms with van der Waals surface area (Å²) < 4.78 is 0. The number of nitrogens with two attached hydrogens (primary N) is 4. The molecule has 0 bridgehead atoms. The Balaban J connectivity index is 7.61. The van der Waals surface area contributed by atoms with Gasteiger partial charge in [-0.1, -0.05) is 20.3 Å². The molecule has 0 heterocycles. The number of hydrogen-bond donors (Lipinski definition) is 18. The predicted octanol–water partition coefficient (Wildman–Crippen LogP) is -11.4. The summed E-state index contributed by atoms with van der Waals surface area (Å²) >= 11 is 0. The molecule has 35 heteroatoms. The van der Waals surface area contributed by atoms with Crippen LogP contribution in [0.5, 0.6) is 0 Å². The van der Waals surface area contributed by atoms with E-state index >= 15 is 0 Å². The van der Waals surface area contributed by atoms with Crippen molar-refractivity contribution in [3.05, 3.63) is 0 Å². The number of carbonyl (C=O) groups excluding carboxylic acids is 14. The zero-order valence-corrected chi connectivity index (χ0v) is 40.7. The molecule has 0 aliphatic heterocycles. The molecule has 0 aromatic heterocycles. The Hall–Kier alpha value is -8.25. The molecular weight excluding hydrogens is 1010 g/mol. The number of carbonyl (C=O) groups is 16. The van der Waals surface area contributed by atoms with Gasteiger partial charge in [-0.05, 0) is 18.8 Å². The predicted molar refractivity (Wildman–Crippen MR) is 253 cm³/mol. The Bertz CT molecular complexity index is 2080. The fourth-order valence-electron chi connectivity index (χ4n) is 6.02. The van der Waals surface area contributed by atoms with E-state index in [-0.39, 0.29) is 56.9 Å². The lowest BCUT2D eigenvalue weighted by atomic mass is 10.00. The van der Waals surface area contributed by atoms with Gasteiger partial charge in [0.2, 0.25) is 11.8 Å². The van der Waals surface area contributed by atoms with Gasteiger partial charge in [0, 0.05) is 19.9 Å². The molecule has 0 aliphatic carbocycles. The van der Waals surface area contributed by atoms with E-state index in [4.69, 9.17) is 22.9 Å². The number of rotatable bonds is 42. The molecule has 0 spiro atoms. The molecule has 0 aromatic carbocycles. The largest absolute Gasteiger partial charge is 0.481 e. The minimum absolute atomic E-state index is 0.00304. The fraction of sp³-hybridized carbons (Fsp3) is 0.575.